The summed E-state index contributed by atoms with van der Waals surface area (Å²) in [6.45, 7) is 3.90. The molecule has 0 aliphatic rings. The van der Waals surface area contributed by atoms with Gasteiger partial charge in [0.05, 0.1) is 11.4 Å². The second-order valence-corrected chi connectivity index (χ2v) is 4.70. The second kappa shape index (κ2) is 5.73. The Labute approximate surface area is 112 Å². The summed E-state index contributed by atoms with van der Waals surface area (Å²) in [4.78, 5) is 0. The van der Waals surface area contributed by atoms with E-state index in [4.69, 9.17) is 10.4 Å². The highest BCUT2D eigenvalue weighted by molar-refractivity contribution is 5.53. The molecule has 0 spiro atoms. The summed E-state index contributed by atoms with van der Waals surface area (Å²) in [5, 5.41) is 17.8. The van der Waals surface area contributed by atoms with Crippen LogP contribution in [0.25, 0.3) is 0 Å². The van der Waals surface area contributed by atoms with Crippen LogP contribution in [0.5, 0.6) is 0 Å². The van der Waals surface area contributed by atoms with Crippen LogP contribution in [0.1, 0.15) is 22.3 Å². The van der Waals surface area contributed by atoms with Crippen molar-refractivity contribution < 1.29 is 10.4 Å². The van der Waals surface area contributed by atoms with Gasteiger partial charge in [-0.25, -0.2) is 0 Å². The van der Waals surface area contributed by atoms with Crippen LogP contribution in [0.15, 0.2) is 36.4 Å². The second-order valence-electron chi connectivity index (χ2n) is 4.70. The first kappa shape index (κ1) is 13.4. The predicted molar refractivity (Wildman–Crippen MR) is 76.0 cm³/mol. The highest BCUT2D eigenvalue weighted by Crippen LogP contribution is 2.21. The smallest absolute Gasteiger partial charge is 0.0631 e. The van der Waals surface area contributed by atoms with E-state index in [2.05, 4.69) is 11.0 Å². The number of rotatable bonds is 4. The number of benzene rings is 2. The van der Waals surface area contributed by atoms with Crippen LogP contribution >= 0.6 is 0 Å². The maximum Gasteiger partial charge on any atom is 0.0631 e. The fraction of sp³-hybridized carbons (Fsp3) is 0.200. The van der Waals surface area contributed by atoms with E-state index in [1.165, 1.54) is 11.1 Å². The summed E-state index contributed by atoms with van der Waals surface area (Å²) in [5.41, 5.74) is 10.2. The molecule has 2 aromatic carbocycles. The van der Waals surface area contributed by atoms with Gasteiger partial charge in [-0.2, -0.15) is 0 Å². The van der Waals surface area contributed by atoms with Gasteiger partial charge in [0.25, 0.3) is 0 Å². The molecule has 0 heterocycles. The Morgan fingerprint density at radius 1 is 0.789 bits per heavy atom. The molecule has 19 heavy (non-hydrogen) atoms. The van der Waals surface area contributed by atoms with Crippen LogP contribution in [0.4, 0.5) is 11.4 Å². The zero-order valence-corrected chi connectivity index (χ0v) is 11.1. The molecule has 0 atom stereocenters. The molecular formula is C15H18N2O2. The zero-order chi connectivity index (χ0) is 13.8. The van der Waals surface area contributed by atoms with Gasteiger partial charge in [-0.15, -0.1) is 0 Å². The Morgan fingerprint density at radius 3 is 1.53 bits per heavy atom. The minimum atomic E-state index is 0.722. The molecule has 0 saturated carbocycles. The molecule has 0 amide bonds. The summed E-state index contributed by atoms with van der Waals surface area (Å²) >= 11 is 0. The molecule has 0 aliphatic carbocycles. The van der Waals surface area contributed by atoms with Crippen LogP contribution in [0, 0.1) is 13.8 Å². The van der Waals surface area contributed by atoms with E-state index in [1.54, 1.807) is 0 Å². The molecule has 2 aromatic rings. The third-order valence-electron chi connectivity index (χ3n) is 3.23. The molecule has 4 N–H and O–H groups in total. The number of anilines is 2. The number of hydrogen-bond donors (Lipinski definition) is 4. The van der Waals surface area contributed by atoms with Crippen molar-refractivity contribution in [3.63, 3.8) is 0 Å². The van der Waals surface area contributed by atoms with Gasteiger partial charge in [-0.1, -0.05) is 24.3 Å². The maximum absolute atomic E-state index is 8.91. The molecule has 2 rings (SSSR count). The van der Waals surface area contributed by atoms with Gasteiger partial charge in [0.1, 0.15) is 0 Å². The number of aryl methyl sites for hydroxylation is 2. The van der Waals surface area contributed by atoms with Crippen LogP contribution in [0.2, 0.25) is 0 Å². The summed E-state index contributed by atoms with van der Waals surface area (Å²) < 4.78 is 0. The molecule has 0 saturated heterocycles. The third-order valence-corrected chi connectivity index (χ3v) is 3.23. The van der Waals surface area contributed by atoms with Crippen molar-refractivity contribution in [1.82, 2.24) is 0 Å². The SMILES string of the molecule is Cc1cc(Cc2ccc(NO)c(C)c2)ccc1NO. The topological polar surface area (TPSA) is 64.5 Å². The van der Waals surface area contributed by atoms with Crippen molar-refractivity contribution in [2.75, 3.05) is 11.0 Å². The minimum Gasteiger partial charge on any atom is -0.291 e. The van der Waals surface area contributed by atoms with Gasteiger partial charge in [0.2, 0.25) is 0 Å². The van der Waals surface area contributed by atoms with Crippen LogP contribution < -0.4 is 11.0 Å². The Balaban J connectivity index is 2.21. The van der Waals surface area contributed by atoms with Crippen LogP contribution in [-0.4, -0.2) is 10.4 Å². The molecule has 0 fully saturated rings. The Bertz CT molecular complexity index is 531. The average molecular weight is 258 g/mol. The molecule has 0 radical (unpaired) electrons. The van der Waals surface area contributed by atoms with Gasteiger partial charge in [-0.05, 0) is 54.7 Å². The lowest BCUT2D eigenvalue weighted by molar-refractivity contribution is 0.388. The molecule has 0 aliphatic heterocycles. The molecule has 0 bridgehead atoms. The highest BCUT2D eigenvalue weighted by atomic mass is 16.5. The van der Waals surface area contributed by atoms with E-state index in [1.807, 2.05) is 50.2 Å². The zero-order valence-electron chi connectivity index (χ0n) is 11.1. The standard InChI is InChI=1S/C15H18N2O2/c1-10-7-12(3-5-14(10)16-18)9-13-4-6-15(17-19)11(2)8-13/h3-8,16-19H,9H2,1-2H3. The fourth-order valence-electron chi connectivity index (χ4n) is 2.16. The van der Waals surface area contributed by atoms with E-state index in [0.29, 0.717) is 0 Å². The van der Waals surface area contributed by atoms with E-state index in [0.717, 1.165) is 28.9 Å². The normalized spacial score (nSPS) is 10.3. The summed E-state index contributed by atoms with van der Waals surface area (Å²) in [7, 11) is 0. The lowest BCUT2D eigenvalue weighted by Gasteiger charge is -2.09. The highest BCUT2D eigenvalue weighted by Gasteiger charge is 2.03. The van der Waals surface area contributed by atoms with Gasteiger partial charge in [-0.3, -0.25) is 21.4 Å². The van der Waals surface area contributed by atoms with Gasteiger partial charge < -0.3 is 0 Å². The van der Waals surface area contributed by atoms with Gasteiger partial charge >= 0.3 is 0 Å². The predicted octanol–water partition coefficient (Wildman–Crippen LogP) is 3.50. The van der Waals surface area contributed by atoms with Crippen molar-refractivity contribution in [3.05, 3.63) is 58.7 Å². The summed E-state index contributed by atoms with van der Waals surface area (Å²) in [6.07, 6.45) is 0.819. The van der Waals surface area contributed by atoms with E-state index in [9.17, 15) is 0 Å². The van der Waals surface area contributed by atoms with Crippen LogP contribution in [0.3, 0.4) is 0 Å². The lowest BCUT2D eigenvalue weighted by atomic mass is 10.0. The first-order valence-corrected chi connectivity index (χ1v) is 6.13. The first-order valence-electron chi connectivity index (χ1n) is 6.13. The third kappa shape index (κ3) is 3.05. The number of nitrogens with one attached hydrogen (secondary N) is 2. The average Bonchev–Trinajstić information content (AvgIpc) is 2.39. The minimum absolute atomic E-state index is 0.722. The monoisotopic (exact) mass is 258 g/mol. The van der Waals surface area contributed by atoms with Crippen molar-refractivity contribution in [2.45, 2.75) is 20.3 Å². The Hall–Kier alpha value is -2.04. The maximum atomic E-state index is 8.91. The number of hydrogen-bond acceptors (Lipinski definition) is 4. The summed E-state index contributed by atoms with van der Waals surface area (Å²) in [6, 6.07) is 11.8. The molecule has 100 valence electrons. The molecule has 4 heteroatoms. The quantitative estimate of drug-likeness (QED) is 0.634. The Kier molecular flexibility index (Phi) is 4.04. The molecule has 4 nitrogen and oxygen atoms in total. The van der Waals surface area contributed by atoms with Crippen LogP contribution in [-0.2, 0) is 6.42 Å². The van der Waals surface area contributed by atoms with E-state index < -0.39 is 0 Å². The largest absolute Gasteiger partial charge is 0.291 e. The Morgan fingerprint density at radius 2 is 1.21 bits per heavy atom. The van der Waals surface area contributed by atoms with Gasteiger partial charge in [0.15, 0.2) is 0 Å². The lowest BCUT2D eigenvalue weighted by Crippen LogP contribution is -1.97. The van der Waals surface area contributed by atoms with Crippen molar-refractivity contribution >= 4 is 11.4 Å². The van der Waals surface area contributed by atoms with E-state index in [-0.39, 0.29) is 0 Å². The van der Waals surface area contributed by atoms with Gasteiger partial charge in [0, 0.05) is 0 Å². The first-order chi connectivity index (χ1) is 9.13. The fourth-order valence-corrected chi connectivity index (χ4v) is 2.16. The van der Waals surface area contributed by atoms with E-state index >= 15 is 0 Å². The van der Waals surface area contributed by atoms with Crippen molar-refractivity contribution in [1.29, 1.82) is 0 Å². The summed E-state index contributed by atoms with van der Waals surface area (Å²) in [5.74, 6) is 0. The molecular weight excluding hydrogens is 240 g/mol. The molecule has 0 aromatic heterocycles. The molecule has 0 unspecified atom stereocenters. The van der Waals surface area contributed by atoms with Crippen molar-refractivity contribution in [3.8, 4) is 0 Å². The van der Waals surface area contributed by atoms with Crippen molar-refractivity contribution in [2.24, 2.45) is 0 Å².